The number of hydrogen-bond acceptors (Lipinski definition) is 2. The topological polar surface area (TPSA) is 25.8 Å². The molecule has 22 heavy (non-hydrogen) atoms. The third-order valence-electron chi connectivity index (χ3n) is 3.36. The molecule has 0 aliphatic carbocycles. The molecule has 3 aromatic rings. The minimum absolute atomic E-state index is 0.132. The first-order chi connectivity index (χ1) is 10.4. The van der Waals surface area contributed by atoms with Gasteiger partial charge < -0.3 is 0 Å². The molecule has 6 heteroatoms. The highest BCUT2D eigenvalue weighted by atomic mass is 19.4. The van der Waals surface area contributed by atoms with Crippen molar-refractivity contribution in [3.05, 3.63) is 59.5 Å². The lowest BCUT2D eigenvalue weighted by Gasteiger charge is -2.11. The molecule has 0 spiro atoms. The summed E-state index contributed by atoms with van der Waals surface area (Å²) in [6, 6.07) is 7.38. The second kappa shape index (κ2) is 5.05. The Labute approximate surface area is 123 Å². The largest absolute Gasteiger partial charge is 0.416 e. The van der Waals surface area contributed by atoms with Gasteiger partial charge in [-0.05, 0) is 48.9 Å². The second-order valence-electron chi connectivity index (χ2n) is 4.89. The zero-order chi connectivity index (χ0) is 15.9. The molecule has 0 radical (unpaired) electrons. The quantitative estimate of drug-likeness (QED) is 0.606. The van der Waals surface area contributed by atoms with Gasteiger partial charge in [-0.15, -0.1) is 0 Å². The molecule has 2 heterocycles. The number of fused-ring (bicyclic) bond motifs is 1. The van der Waals surface area contributed by atoms with E-state index in [0.717, 1.165) is 23.1 Å². The Morgan fingerprint density at radius 3 is 2.55 bits per heavy atom. The molecule has 1 aromatic carbocycles. The van der Waals surface area contributed by atoms with Crippen LogP contribution in [0.25, 0.3) is 22.3 Å². The molecule has 2 nitrogen and oxygen atoms in total. The summed E-state index contributed by atoms with van der Waals surface area (Å²) in [5.74, 6) is -0.754. The van der Waals surface area contributed by atoms with Crippen LogP contribution in [0.3, 0.4) is 0 Å². The fourth-order valence-electron chi connectivity index (χ4n) is 2.26. The summed E-state index contributed by atoms with van der Waals surface area (Å²) in [6.45, 7) is 1.78. The van der Waals surface area contributed by atoms with Crippen molar-refractivity contribution in [2.45, 2.75) is 13.1 Å². The highest BCUT2D eigenvalue weighted by Gasteiger charge is 2.31. The first-order valence-electron chi connectivity index (χ1n) is 6.46. The maximum Gasteiger partial charge on any atom is 0.416 e. The fourth-order valence-corrected chi connectivity index (χ4v) is 2.26. The molecule has 0 N–H and O–H groups in total. The van der Waals surface area contributed by atoms with Gasteiger partial charge in [0.25, 0.3) is 0 Å². The third kappa shape index (κ3) is 2.52. The lowest BCUT2D eigenvalue weighted by molar-refractivity contribution is -0.137. The van der Waals surface area contributed by atoms with E-state index in [-0.39, 0.29) is 11.3 Å². The van der Waals surface area contributed by atoms with Crippen molar-refractivity contribution < 1.29 is 17.6 Å². The summed E-state index contributed by atoms with van der Waals surface area (Å²) >= 11 is 0. The molecular weight excluding hydrogens is 296 g/mol. The molecule has 2 aromatic heterocycles. The number of alkyl halides is 3. The van der Waals surface area contributed by atoms with Crippen LogP contribution in [0.5, 0.6) is 0 Å². The Morgan fingerprint density at radius 2 is 1.82 bits per heavy atom. The summed E-state index contributed by atoms with van der Waals surface area (Å²) < 4.78 is 52.3. The number of halogens is 4. The van der Waals surface area contributed by atoms with Crippen LogP contribution in [0, 0.1) is 12.7 Å². The molecule has 0 saturated heterocycles. The van der Waals surface area contributed by atoms with Gasteiger partial charge in [0.15, 0.2) is 5.65 Å². The van der Waals surface area contributed by atoms with Crippen LogP contribution in [-0.4, -0.2) is 9.97 Å². The minimum Gasteiger partial charge on any atom is -0.237 e. The second-order valence-corrected chi connectivity index (χ2v) is 4.89. The zero-order valence-corrected chi connectivity index (χ0v) is 11.4. The van der Waals surface area contributed by atoms with E-state index in [1.165, 1.54) is 6.20 Å². The van der Waals surface area contributed by atoms with Gasteiger partial charge in [0, 0.05) is 17.1 Å². The number of nitrogens with zero attached hydrogens (tertiary/aromatic N) is 2. The Balaban J connectivity index is 2.23. The predicted molar refractivity (Wildman–Crippen MR) is 74.7 cm³/mol. The number of rotatable bonds is 1. The van der Waals surface area contributed by atoms with Gasteiger partial charge in [-0.25, -0.2) is 14.4 Å². The highest BCUT2D eigenvalue weighted by molar-refractivity contribution is 5.82. The average Bonchev–Trinajstić information content (AvgIpc) is 2.46. The van der Waals surface area contributed by atoms with Gasteiger partial charge >= 0.3 is 6.18 Å². The Bertz CT molecular complexity index is 856. The monoisotopic (exact) mass is 306 g/mol. The zero-order valence-electron chi connectivity index (χ0n) is 11.4. The minimum atomic E-state index is -4.54. The average molecular weight is 306 g/mol. The molecule has 0 fully saturated rings. The smallest absolute Gasteiger partial charge is 0.237 e. The molecule has 3 rings (SSSR count). The lowest BCUT2D eigenvalue weighted by Crippen LogP contribution is -2.05. The van der Waals surface area contributed by atoms with E-state index in [1.807, 2.05) is 0 Å². The van der Waals surface area contributed by atoms with Gasteiger partial charge in [0.2, 0.25) is 0 Å². The van der Waals surface area contributed by atoms with Crippen LogP contribution in [-0.2, 0) is 6.18 Å². The lowest BCUT2D eigenvalue weighted by atomic mass is 10.0. The van der Waals surface area contributed by atoms with Crippen LogP contribution in [0.15, 0.2) is 42.6 Å². The number of aromatic nitrogens is 2. The first-order valence-corrected chi connectivity index (χ1v) is 6.46. The van der Waals surface area contributed by atoms with Gasteiger partial charge in [-0.1, -0.05) is 0 Å². The Morgan fingerprint density at radius 1 is 1.05 bits per heavy atom. The van der Waals surface area contributed by atoms with Crippen molar-refractivity contribution in [1.29, 1.82) is 0 Å². The van der Waals surface area contributed by atoms with Crippen LogP contribution in [0.2, 0.25) is 0 Å². The van der Waals surface area contributed by atoms with Gasteiger partial charge in [-0.2, -0.15) is 13.2 Å². The van der Waals surface area contributed by atoms with E-state index < -0.39 is 17.6 Å². The van der Waals surface area contributed by atoms with E-state index in [1.54, 1.807) is 25.1 Å². The first kappa shape index (κ1) is 14.4. The van der Waals surface area contributed by atoms with Crippen molar-refractivity contribution >= 4 is 11.0 Å². The van der Waals surface area contributed by atoms with Gasteiger partial charge in [0.05, 0.1) is 11.3 Å². The summed E-state index contributed by atoms with van der Waals surface area (Å²) in [4.78, 5) is 8.25. The number of hydrogen-bond donors (Lipinski definition) is 0. The summed E-state index contributed by atoms with van der Waals surface area (Å²) in [5, 5.41) is 0.777. The molecule has 112 valence electrons. The summed E-state index contributed by atoms with van der Waals surface area (Å²) in [7, 11) is 0. The maximum atomic E-state index is 13.9. The standard InChI is InChI=1S/C16H10F4N2/c1-9-7-14(22-15-11(9)3-2-6-21-15)12-8-10(16(18,19)20)4-5-13(12)17/h2-8H,1H3. The van der Waals surface area contributed by atoms with E-state index in [0.29, 0.717) is 11.7 Å². The van der Waals surface area contributed by atoms with E-state index in [4.69, 9.17) is 0 Å². The van der Waals surface area contributed by atoms with Crippen molar-refractivity contribution in [2.75, 3.05) is 0 Å². The molecule has 0 bridgehead atoms. The molecule has 0 unspecified atom stereocenters. The molecular formula is C16H10F4N2. The third-order valence-corrected chi connectivity index (χ3v) is 3.36. The molecule has 0 aliphatic heterocycles. The molecule has 0 amide bonds. The Kier molecular flexibility index (Phi) is 3.31. The summed E-state index contributed by atoms with van der Waals surface area (Å²) in [5.41, 5.74) is 0.168. The predicted octanol–water partition coefficient (Wildman–Crippen LogP) is 4.76. The van der Waals surface area contributed by atoms with E-state index in [2.05, 4.69) is 9.97 Å². The van der Waals surface area contributed by atoms with Crippen molar-refractivity contribution in [2.24, 2.45) is 0 Å². The van der Waals surface area contributed by atoms with Crippen molar-refractivity contribution in [3.63, 3.8) is 0 Å². The van der Waals surface area contributed by atoms with E-state index in [9.17, 15) is 17.6 Å². The fraction of sp³-hybridized carbons (Fsp3) is 0.125. The van der Waals surface area contributed by atoms with Crippen LogP contribution in [0.1, 0.15) is 11.1 Å². The van der Waals surface area contributed by atoms with Crippen LogP contribution >= 0.6 is 0 Å². The Hall–Kier alpha value is -2.50. The van der Waals surface area contributed by atoms with Crippen molar-refractivity contribution in [1.82, 2.24) is 9.97 Å². The highest BCUT2D eigenvalue weighted by Crippen LogP contribution is 2.33. The van der Waals surface area contributed by atoms with Gasteiger partial charge in [-0.3, -0.25) is 0 Å². The molecule has 0 atom stereocenters. The summed E-state index contributed by atoms with van der Waals surface area (Å²) in [6.07, 6.45) is -3.01. The SMILES string of the molecule is Cc1cc(-c2cc(C(F)(F)F)ccc2F)nc2ncccc12. The van der Waals surface area contributed by atoms with Gasteiger partial charge in [0.1, 0.15) is 5.82 Å². The maximum absolute atomic E-state index is 13.9. The van der Waals surface area contributed by atoms with E-state index >= 15 is 0 Å². The van der Waals surface area contributed by atoms with Crippen molar-refractivity contribution in [3.8, 4) is 11.3 Å². The number of pyridine rings is 2. The van der Waals surface area contributed by atoms with Crippen LogP contribution in [0.4, 0.5) is 17.6 Å². The number of aryl methyl sites for hydroxylation is 1. The normalized spacial score (nSPS) is 11.9. The van der Waals surface area contributed by atoms with Crippen LogP contribution < -0.4 is 0 Å². The number of benzene rings is 1. The molecule has 0 aliphatic rings. The molecule has 0 saturated carbocycles.